The largest absolute Gasteiger partial charge is 0.342 e. The summed E-state index contributed by atoms with van der Waals surface area (Å²) in [6, 6.07) is 0. The zero-order valence-corrected chi connectivity index (χ0v) is 17.3. The van der Waals surface area contributed by atoms with Crippen molar-refractivity contribution in [1.82, 2.24) is 14.9 Å². The number of rotatable bonds is 3. The molecule has 1 aliphatic carbocycles. The van der Waals surface area contributed by atoms with Crippen LogP contribution in [0.5, 0.6) is 0 Å². The van der Waals surface area contributed by atoms with Gasteiger partial charge in [-0.2, -0.15) is 0 Å². The molecule has 2 aromatic heterocycles. The Kier molecular flexibility index (Phi) is 5.50. The Hall–Kier alpha value is -1.14. The van der Waals surface area contributed by atoms with E-state index < -0.39 is 0 Å². The quantitative estimate of drug-likeness (QED) is 0.568. The van der Waals surface area contributed by atoms with E-state index in [9.17, 15) is 4.79 Å². The SMILES string of the molecule is Cc1nc(SCC(=O)N2CCCCCC2)c2c3c(sc2n1)C[C@H](C)CC3. The lowest BCUT2D eigenvalue weighted by Crippen LogP contribution is -2.33. The highest BCUT2D eigenvalue weighted by atomic mass is 32.2. The highest BCUT2D eigenvalue weighted by molar-refractivity contribution is 8.00. The summed E-state index contributed by atoms with van der Waals surface area (Å²) < 4.78 is 0. The fraction of sp³-hybridized carbons (Fsp3) is 0.650. The van der Waals surface area contributed by atoms with Gasteiger partial charge in [0.1, 0.15) is 15.7 Å². The van der Waals surface area contributed by atoms with Crippen LogP contribution in [0.25, 0.3) is 10.2 Å². The van der Waals surface area contributed by atoms with Gasteiger partial charge in [0, 0.05) is 23.4 Å². The molecule has 4 rings (SSSR count). The maximum atomic E-state index is 12.7. The third-order valence-corrected chi connectivity index (χ3v) is 7.63. The van der Waals surface area contributed by atoms with Crippen molar-refractivity contribution in [3.63, 3.8) is 0 Å². The number of hydrogen-bond donors (Lipinski definition) is 0. The first-order valence-electron chi connectivity index (χ1n) is 9.81. The number of nitrogens with zero attached hydrogens (tertiary/aromatic N) is 3. The fourth-order valence-electron chi connectivity index (χ4n) is 4.06. The Bertz CT molecular complexity index is 809. The Morgan fingerprint density at radius 1 is 1.23 bits per heavy atom. The van der Waals surface area contributed by atoms with Crippen molar-refractivity contribution >= 4 is 39.2 Å². The third kappa shape index (κ3) is 3.77. The number of likely N-dealkylation sites (tertiary alicyclic amines) is 1. The van der Waals surface area contributed by atoms with E-state index in [1.165, 1.54) is 35.1 Å². The zero-order valence-electron chi connectivity index (χ0n) is 15.7. The molecule has 0 saturated carbocycles. The third-order valence-electron chi connectivity index (χ3n) is 5.52. The summed E-state index contributed by atoms with van der Waals surface area (Å²) in [5.74, 6) is 2.32. The van der Waals surface area contributed by atoms with Crippen molar-refractivity contribution in [3.05, 3.63) is 16.3 Å². The van der Waals surface area contributed by atoms with E-state index in [-0.39, 0.29) is 5.91 Å². The second kappa shape index (κ2) is 7.85. The molecule has 1 aliphatic heterocycles. The Labute approximate surface area is 163 Å². The van der Waals surface area contributed by atoms with Crippen LogP contribution in [0.2, 0.25) is 0 Å². The molecule has 26 heavy (non-hydrogen) atoms. The van der Waals surface area contributed by atoms with Crippen LogP contribution < -0.4 is 0 Å². The topological polar surface area (TPSA) is 46.1 Å². The number of carbonyl (C=O) groups is 1. The van der Waals surface area contributed by atoms with Crippen molar-refractivity contribution in [2.45, 2.75) is 63.8 Å². The minimum absolute atomic E-state index is 0.263. The van der Waals surface area contributed by atoms with Gasteiger partial charge in [0.2, 0.25) is 5.91 Å². The summed E-state index contributed by atoms with van der Waals surface area (Å²) in [4.78, 5) is 26.7. The lowest BCUT2D eigenvalue weighted by atomic mass is 9.89. The van der Waals surface area contributed by atoms with Gasteiger partial charge >= 0.3 is 0 Å². The molecule has 0 unspecified atom stereocenters. The Morgan fingerprint density at radius 3 is 2.77 bits per heavy atom. The van der Waals surface area contributed by atoms with E-state index in [0.717, 1.165) is 60.4 Å². The van der Waals surface area contributed by atoms with Crippen LogP contribution in [-0.4, -0.2) is 39.6 Å². The molecule has 0 N–H and O–H groups in total. The molecule has 3 heterocycles. The summed E-state index contributed by atoms with van der Waals surface area (Å²) in [5, 5.41) is 2.25. The maximum absolute atomic E-state index is 12.7. The van der Waals surface area contributed by atoms with Crippen molar-refractivity contribution < 1.29 is 4.79 Å². The lowest BCUT2D eigenvalue weighted by Gasteiger charge is -2.20. The van der Waals surface area contributed by atoms with E-state index >= 15 is 0 Å². The predicted molar refractivity (Wildman–Crippen MR) is 109 cm³/mol. The van der Waals surface area contributed by atoms with Gasteiger partial charge in [0.15, 0.2) is 0 Å². The summed E-state index contributed by atoms with van der Waals surface area (Å²) in [7, 11) is 0. The van der Waals surface area contributed by atoms with Gasteiger partial charge in [-0.15, -0.1) is 11.3 Å². The fourth-order valence-corrected chi connectivity index (χ4v) is 6.55. The van der Waals surface area contributed by atoms with Crippen LogP contribution in [0.3, 0.4) is 0 Å². The number of carbonyl (C=O) groups excluding carboxylic acids is 1. The Morgan fingerprint density at radius 2 is 2.00 bits per heavy atom. The molecule has 1 fully saturated rings. The molecule has 1 saturated heterocycles. The second-order valence-corrected chi connectivity index (χ2v) is 9.74. The molecule has 2 aliphatic rings. The molecule has 0 bridgehead atoms. The molecule has 140 valence electrons. The second-order valence-electron chi connectivity index (χ2n) is 7.69. The van der Waals surface area contributed by atoms with E-state index in [0.29, 0.717) is 5.75 Å². The standard InChI is InChI=1S/C20H27N3OS2/c1-13-7-8-15-16(11-13)26-20-18(15)19(21-14(2)22-20)25-12-17(24)23-9-5-3-4-6-10-23/h13H,3-12H2,1-2H3/t13-/m1/s1. The summed E-state index contributed by atoms with van der Waals surface area (Å²) in [6.45, 7) is 6.13. The summed E-state index contributed by atoms with van der Waals surface area (Å²) in [5.41, 5.74) is 1.45. The molecule has 4 nitrogen and oxygen atoms in total. The molecular weight excluding hydrogens is 362 g/mol. The Balaban J connectivity index is 1.57. The normalized spacial score (nSPS) is 20.8. The molecule has 6 heteroatoms. The van der Waals surface area contributed by atoms with E-state index in [1.54, 1.807) is 11.8 Å². The zero-order chi connectivity index (χ0) is 18.1. The van der Waals surface area contributed by atoms with E-state index in [1.807, 2.05) is 18.3 Å². The van der Waals surface area contributed by atoms with Crippen LogP contribution in [-0.2, 0) is 17.6 Å². The predicted octanol–water partition coefficient (Wildman–Crippen LogP) is 4.62. The highest BCUT2D eigenvalue weighted by Crippen LogP contribution is 2.40. The van der Waals surface area contributed by atoms with Crippen LogP contribution in [0.15, 0.2) is 5.03 Å². The molecule has 0 aromatic carbocycles. The van der Waals surface area contributed by atoms with Crippen molar-refractivity contribution in [1.29, 1.82) is 0 Å². The number of fused-ring (bicyclic) bond motifs is 3. The number of thioether (sulfide) groups is 1. The number of thiophene rings is 1. The highest BCUT2D eigenvalue weighted by Gasteiger charge is 2.24. The van der Waals surface area contributed by atoms with Crippen molar-refractivity contribution in [3.8, 4) is 0 Å². The number of aromatic nitrogens is 2. The first kappa shape index (κ1) is 18.2. The number of aryl methyl sites for hydroxylation is 2. The van der Waals surface area contributed by atoms with Gasteiger partial charge in [-0.1, -0.05) is 31.5 Å². The monoisotopic (exact) mass is 389 g/mol. The van der Waals surface area contributed by atoms with Crippen molar-refractivity contribution in [2.24, 2.45) is 5.92 Å². The van der Waals surface area contributed by atoms with Gasteiger partial charge in [0.25, 0.3) is 0 Å². The van der Waals surface area contributed by atoms with Crippen LogP contribution in [0.4, 0.5) is 0 Å². The first-order valence-corrected chi connectivity index (χ1v) is 11.6. The maximum Gasteiger partial charge on any atom is 0.232 e. The molecule has 0 radical (unpaired) electrons. The van der Waals surface area contributed by atoms with Gasteiger partial charge in [-0.05, 0) is 50.5 Å². The molecule has 2 aromatic rings. The number of hydrogen-bond acceptors (Lipinski definition) is 5. The van der Waals surface area contributed by atoms with Crippen LogP contribution >= 0.6 is 23.1 Å². The van der Waals surface area contributed by atoms with Crippen LogP contribution in [0, 0.1) is 12.8 Å². The van der Waals surface area contributed by atoms with Gasteiger partial charge < -0.3 is 4.90 Å². The minimum Gasteiger partial charge on any atom is -0.342 e. The van der Waals surface area contributed by atoms with Crippen LogP contribution in [0.1, 0.15) is 55.3 Å². The molecular formula is C20H27N3OS2. The van der Waals surface area contributed by atoms with Crippen molar-refractivity contribution in [2.75, 3.05) is 18.8 Å². The molecule has 0 spiro atoms. The minimum atomic E-state index is 0.263. The average Bonchev–Trinajstić information content (AvgIpc) is 2.80. The molecule has 1 atom stereocenters. The van der Waals surface area contributed by atoms with E-state index in [2.05, 4.69) is 11.8 Å². The first-order chi connectivity index (χ1) is 12.6. The van der Waals surface area contributed by atoms with Gasteiger partial charge in [0.05, 0.1) is 5.75 Å². The van der Waals surface area contributed by atoms with Gasteiger partial charge in [-0.3, -0.25) is 4.79 Å². The summed E-state index contributed by atoms with van der Waals surface area (Å²) in [6.07, 6.45) is 8.31. The smallest absolute Gasteiger partial charge is 0.232 e. The lowest BCUT2D eigenvalue weighted by molar-refractivity contribution is -0.128. The molecule has 1 amide bonds. The van der Waals surface area contributed by atoms with E-state index in [4.69, 9.17) is 9.97 Å². The summed E-state index contributed by atoms with van der Waals surface area (Å²) >= 11 is 3.45. The average molecular weight is 390 g/mol. The van der Waals surface area contributed by atoms with Gasteiger partial charge in [-0.25, -0.2) is 9.97 Å². The number of amides is 1.